The highest BCUT2D eigenvalue weighted by Crippen LogP contribution is 2.25. The van der Waals surface area contributed by atoms with Crippen LogP contribution in [0.2, 0.25) is 0 Å². The molecule has 0 amide bonds. The Hall–Kier alpha value is 0.270. The summed E-state index contributed by atoms with van der Waals surface area (Å²) in [5, 5.41) is 0. The van der Waals surface area contributed by atoms with Crippen molar-refractivity contribution >= 4 is 11.8 Å². The Kier molecular flexibility index (Phi) is 2.94. The van der Waals surface area contributed by atoms with Crippen LogP contribution in [0, 0.1) is 0 Å². The summed E-state index contributed by atoms with van der Waals surface area (Å²) in [5.74, 6) is 2.71. The lowest BCUT2D eigenvalue weighted by Gasteiger charge is -2.36. The Morgan fingerprint density at radius 3 is 2.67 bits per heavy atom. The van der Waals surface area contributed by atoms with Crippen molar-refractivity contribution in [2.75, 3.05) is 24.6 Å². The number of nitrogens with zero attached hydrogens (tertiary/aromatic N) is 1. The van der Waals surface area contributed by atoms with Crippen LogP contribution < -0.4 is 5.73 Å². The van der Waals surface area contributed by atoms with E-state index in [4.69, 9.17) is 5.73 Å². The monoisotopic (exact) mass is 186 g/mol. The summed E-state index contributed by atoms with van der Waals surface area (Å²) in [4.78, 5) is 2.64. The molecule has 3 heteroatoms. The van der Waals surface area contributed by atoms with E-state index in [1.54, 1.807) is 0 Å². The number of hydrogen-bond acceptors (Lipinski definition) is 3. The smallest absolute Gasteiger partial charge is 0.0277 e. The first-order chi connectivity index (χ1) is 5.86. The number of rotatable bonds is 1. The van der Waals surface area contributed by atoms with Crippen LogP contribution in [0.25, 0.3) is 0 Å². The largest absolute Gasteiger partial charge is 0.328 e. The second-order valence-corrected chi connectivity index (χ2v) is 4.99. The van der Waals surface area contributed by atoms with Crippen molar-refractivity contribution in [3.8, 4) is 0 Å². The summed E-state index contributed by atoms with van der Waals surface area (Å²) in [7, 11) is 0. The molecule has 2 rings (SSSR count). The molecule has 1 atom stereocenters. The predicted molar refractivity (Wildman–Crippen MR) is 54.5 cm³/mol. The zero-order valence-electron chi connectivity index (χ0n) is 7.54. The number of thioether (sulfide) groups is 1. The second-order valence-electron chi connectivity index (χ2n) is 3.92. The van der Waals surface area contributed by atoms with Gasteiger partial charge in [-0.1, -0.05) is 0 Å². The van der Waals surface area contributed by atoms with Crippen LogP contribution in [0.15, 0.2) is 0 Å². The molecule has 0 saturated carbocycles. The lowest BCUT2D eigenvalue weighted by molar-refractivity contribution is 0.228. The first-order valence-electron chi connectivity index (χ1n) is 4.93. The summed E-state index contributed by atoms with van der Waals surface area (Å²) in [6, 6.07) is 1.36. The lowest BCUT2D eigenvalue weighted by atomic mass is 10.1. The first kappa shape index (κ1) is 8.85. The van der Waals surface area contributed by atoms with E-state index < -0.39 is 0 Å². The first-order valence-corrected chi connectivity index (χ1v) is 6.09. The summed E-state index contributed by atoms with van der Waals surface area (Å²) in [5.41, 5.74) is 5.92. The van der Waals surface area contributed by atoms with Gasteiger partial charge in [0.1, 0.15) is 0 Å². The molecule has 0 aromatic carbocycles. The molecule has 12 heavy (non-hydrogen) atoms. The summed E-state index contributed by atoms with van der Waals surface area (Å²) in [6.07, 6.45) is 3.75. The highest BCUT2D eigenvalue weighted by atomic mass is 32.2. The molecule has 70 valence electrons. The minimum absolute atomic E-state index is 0.475. The molecule has 0 aliphatic carbocycles. The normalized spacial score (nSPS) is 34.2. The average molecular weight is 186 g/mol. The molecule has 2 aliphatic heterocycles. The highest BCUT2D eigenvalue weighted by Gasteiger charge is 2.26. The van der Waals surface area contributed by atoms with Crippen molar-refractivity contribution in [1.82, 2.24) is 4.90 Å². The fourth-order valence-corrected chi connectivity index (χ4v) is 2.81. The Morgan fingerprint density at radius 1 is 1.17 bits per heavy atom. The molecule has 0 radical (unpaired) electrons. The number of nitrogens with two attached hydrogens (primary N) is 1. The third-order valence-corrected chi connectivity index (χ3v) is 4.19. The van der Waals surface area contributed by atoms with Gasteiger partial charge in [-0.05, 0) is 32.4 Å². The third-order valence-electron chi connectivity index (χ3n) is 2.94. The van der Waals surface area contributed by atoms with Gasteiger partial charge in [0.05, 0.1) is 0 Å². The molecular weight excluding hydrogens is 168 g/mol. The van der Waals surface area contributed by atoms with Gasteiger partial charge in [0.15, 0.2) is 0 Å². The third kappa shape index (κ3) is 1.95. The molecule has 0 spiro atoms. The zero-order chi connectivity index (χ0) is 8.39. The topological polar surface area (TPSA) is 29.3 Å². The van der Waals surface area contributed by atoms with Gasteiger partial charge >= 0.3 is 0 Å². The van der Waals surface area contributed by atoms with Crippen LogP contribution in [0.1, 0.15) is 19.3 Å². The van der Waals surface area contributed by atoms with Crippen molar-refractivity contribution < 1.29 is 0 Å². The maximum Gasteiger partial charge on any atom is 0.0277 e. The Balaban J connectivity index is 1.81. The van der Waals surface area contributed by atoms with Crippen LogP contribution >= 0.6 is 11.8 Å². The van der Waals surface area contributed by atoms with Crippen LogP contribution in [0.5, 0.6) is 0 Å². The van der Waals surface area contributed by atoms with E-state index in [1.807, 2.05) is 0 Å². The SMILES string of the molecule is NC1CCCN(C2CSC2)CC1. The second kappa shape index (κ2) is 3.99. The number of likely N-dealkylation sites (tertiary alicyclic amines) is 1. The summed E-state index contributed by atoms with van der Waals surface area (Å²) in [6.45, 7) is 2.53. The predicted octanol–water partition coefficient (Wildman–Crippen LogP) is 0.915. The fraction of sp³-hybridized carbons (Fsp3) is 1.00. The van der Waals surface area contributed by atoms with E-state index >= 15 is 0 Å². The van der Waals surface area contributed by atoms with Gasteiger partial charge in [-0.15, -0.1) is 0 Å². The van der Waals surface area contributed by atoms with Gasteiger partial charge in [0.2, 0.25) is 0 Å². The van der Waals surface area contributed by atoms with Crippen LogP contribution in [-0.2, 0) is 0 Å². The van der Waals surface area contributed by atoms with E-state index in [2.05, 4.69) is 16.7 Å². The van der Waals surface area contributed by atoms with Crippen molar-refractivity contribution in [3.05, 3.63) is 0 Å². The van der Waals surface area contributed by atoms with Crippen molar-refractivity contribution in [2.45, 2.75) is 31.3 Å². The van der Waals surface area contributed by atoms with Crippen LogP contribution in [0.4, 0.5) is 0 Å². The zero-order valence-corrected chi connectivity index (χ0v) is 8.35. The summed E-state index contributed by atoms with van der Waals surface area (Å²) < 4.78 is 0. The van der Waals surface area contributed by atoms with Crippen molar-refractivity contribution in [2.24, 2.45) is 5.73 Å². The maximum atomic E-state index is 5.92. The quantitative estimate of drug-likeness (QED) is 0.660. The molecule has 2 nitrogen and oxygen atoms in total. The van der Waals surface area contributed by atoms with Crippen LogP contribution in [-0.4, -0.2) is 41.6 Å². The molecule has 0 aromatic rings. The Labute approximate surface area is 78.9 Å². The van der Waals surface area contributed by atoms with E-state index in [0.29, 0.717) is 6.04 Å². The van der Waals surface area contributed by atoms with Gasteiger partial charge < -0.3 is 5.73 Å². The molecular formula is C9H18N2S. The fourth-order valence-electron chi connectivity index (χ4n) is 1.94. The summed E-state index contributed by atoms with van der Waals surface area (Å²) >= 11 is 2.07. The maximum absolute atomic E-state index is 5.92. The standard InChI is InChI=1S/C9H18N2S/c10-8-2-1-4-11(5-3-8)9-6-12-7-9/h8-9H,1-7,10H2. The van der Waals surface area contributed by atoms with E-state index in [-0.39, 0.29) is 0 Å². The number of hydrogen-bond donors (Lipinski definition) is 1. The Bertz CT molecular complexity index is 147. The molecule has 2 heterocycles. The van der Waals surface area contributed by atoms with Gasteiger partial charge in [0, 0.05) is 23.6 Å². The van der Waals surface area contributed by atoms with Gasteiger partial charge in [-0.25, -0.2) is 0 Å². The molecule has 2 N–H and O–H groups in total. The molecule has 2 aliphatic rings. The molecule has 1 unspecified atom stereocenters. The van der Waals surface area contributed by atoms with Gasteiger partial charge in [-0.2, -0.15) is 11.8 Å². The molecule has 0 aromatic heterocycles. The average Bonchev–Trinajstić information content (AvgIpc) is 2.12. The van der Waals surface area contributed by atoms with Crippen molar-refractivity contribution in [1.29, 1.82) is 0 Å². The Morgan fingerprint density at radius 2 is 2.00 bits per heavy atom. The van der Waals surface area contributed by atoms with Gasteiger partial charge in [0.25, 0.3) is 0 Å². The van der Waals surface area contributed by atoms with Gasteiger partial charge in [-0.3, -0.25) is 4.90 Å². The lowest BCUT2D eigenvalue weighted by Crippen LogP contribution is -2.45. The van der Waals surface area contributed by atoms with E-state index in [9.17, 15) is 0 Å². The van der Waals surface area contributed by atoms with Crippen molar-refractivity contribution in [3.63, 3.8) is 0 Å². The van der Waals surface area contributed by atoms with Crippen LogP contribution in [0.3, 0.4) is 0 Å². The molecule has 0 bridgehead atoms. The molecule has 2 fully saturated rings. The minimum Gasteiger partial charge on any atom is -0.328 e. The van der Waals surface area contributed by atoms with E-state index in [0.717, 1.165) is 6.04 Å². The van der Waals surface area contributed by atoms with E-state index in [1.165, 1.54) is 43.9 Å². The molecule has 2 saturated heterocycles. The highest BCUT2D eigenvalue weighted by molar-refractivity contribution is 8.00. The minimum atomic E-state index is 0.475.